The number of anilines is 1. The van der Waals surface area contributed by atoms with Crippen LogP contribution in [0.4, 0.5) is 5.69 Å². The third kappa shape index (κ3) is 3.84. The zero-order valence-electron chi connectivity index (χ0n) is 11.5. The number of hydrogen-bond acceptors (Lipinski definition) is 4. The van der Waals surface area contributed by atoms with Crippen LogP contribution in [0.25, 0.3) is 0 Å². The Balaban J connectivity index is 2.25. The lowest BCUT2D eigenvalue weighted by Crippen LogP contribution is -2.19. The van der Waals surface area contributed by atoms with Gasteiger partial charge in [0, 0.05) is 11.1 Å². The molecule has 2 rings (SSSR count). The van der Waals surface area contributed by atoms with E-state index in [2.05, 4.69) is 5.32 Å². The molecule has 21 heavy (non-hydrogen) atoms. The Hall–Kier alpha value is -1.37. The van der Waals surface area contributed by atoms with Crippen LogP contribution >= 0.6 is 22.9 Å². The molecule has 0 spiro atoms. The van der Waals surface area contributed by atoms with Crippen molar-refractivity contribution in [2.45, 2.75) is 17.7 Å². The highest BCUT2D eigenvalue weighted by Crippen LogP contribution is 2.29. The summed E-state index contributed by atoms with van der Waals surface area (Å²) in [4.78, 5) is 13.2. The lowest BCUT2D eigenvalue weighted by Gasteiger charge is -2.13. The van der Waals surface area contributed by atoms with Gasteiger partial charge in [-0.25, -0.2) is 8.42 Å². The lowest BCUT2D eigenvalue weighted by molar-refractivity contribution is -0.117. The summed E-state index contributed by atoms with van der Waals surface area (Å²) in [5.74, 6) is -0.681. The molecule has 0 aliphatic rings. The maximum Gasteiger partial charge on any atom is 0.232 e. The van der Waals surface area contributed by atoms with Gasteiger partial charge in [0.1, 0.15) is 0 Å². The first-order chi connectivity index (χ1) is 9.79. The third-order valence-electron chi connectivity index (χ3n) is 2.96. The summed E-state index contributed by atoms with van der Waals surface area (Å²) in [5.41, 5.74) is 0.291. The molecule has 0 fully saturated rings. The average molecular weight is 344 g/mol. The smallest absolute Gasteiger partial charge is 0.232 e. The highest BCUT2D eigenvalue weighted by molar-refractivity contribution is 7.90. The van der Waals surface area contributed by atoms with Crippen molar-refractivity contribution in [1.29, 1.82) is 0 Å². The van der Waals surface area contributed by atoms with E-state index in [1.165, 1.54) is 17.4 Å². The molecule has 1 aromatic carbocycles. The first-order valence-electron chi connectivity index (χ1n) is 6.14. The molecule has 112 valence electrons. The van der Waals surface area contributed by atoms with Gasteiger partial charge in [0.05, 0.1) is 20.8 Å². The first-order valence-corrected chi connectivity index (χ1v) is 9.23. The number of carbonyl (C=O) groups is 1. The number of carbonyl (C=O) groups excluding carboxylic acids is 1. The van der Waals surface area contributed by atoms with Crippen LogP contribution in [-0.2, 0) is 14.6 Å². The van der Waals surface area contributed by atoms with E-state index in [-0.39, 0.29) is 10.8 Å². The van der Waals surface area contributed by atoms with E-state index in [0.717, 1.165) is 11.1 Å². The van der Waals surface area contributed by atoms with Crippen LogP contribution in [0.1, 0.15) is 17.7 Å². The van der Waals surface area contributed by atoms with Gasteiger partial charge in [0.15, 0.2) is 9.84 Å². The van der Waals surface area contributed by atoms with E-state index in [1.54, 1.807) is 37.3 Å². The highest BCUT2D eigenvalue weighted by atomic mass is 35.5. The van der Waals surface area contributed by atoms with Crippen LogP contribution in [0.3, 0.4) is 0 Å². The third-order valence-corrected chi connectivity index (χ3v) is 5.53. The van der Waals surface area contributed by atoms with Gasteiger partial charge in [0.2, 0.25) is 5.91 Å². The quantitative estimate of drug-likeness (QED) is 0.923. The fraction of sp³-hybridized carbons (Fsp3) is 0.214. The van der Waals surface area contributed by atoms with E-state index >= 15 is 0 Å². The molecule has 1 atom stereocenters. The fourth-order valence-corrected chi connectivity index (χ4v) is 3.78. The molecule has 1 heterocycles. The summed E-state index contributed by atoms with van der Waals surface area (Å²) in [7, 11) is -3.40. The molecule has 1 aromatic heterocycles. The van der Waals surface area contributed by atoms with Crippen molar-refractivity contribution in [3.63, 3.8) is 0 Å². The number of sulfone groups is 1. The van der Waals surface area contributed by atoms with Crippen molar-refractivity contribution in [2.24, 2.45) is 0 Å². The number of benzene rings is 1. The molecule has 1 amide bonds. The number of halogens is 1. The Bertz CT molecular complexity index is 768. The fourth-order valence-electron chi connectivity index (χ4n) is 1.82. The second-order valence-corrected chi connectivity index (χ2v) is 8.35. The monoisotopic (exact) mass is 343 g/mol. The zero-order chi connectivity index (χ0) is 15.6. The topological polar surface area (TPSA) is 63.2 Å². The van der Waals surface area contributed by atoms with Gasteiger partial charge in [0.25, 0.3) is 0 Å². The summed E-state index contributed by atoms with van der Waals surface area (Å²) < 4.78 is 24.0. The van der Waals surface area contributed by atoms with E-state index < -0.39 is 15.8 Å². The highest BCUT2D eigenvalue weighted by Gasteiger charge is 2.20. The summed E-state index contributed by atoms with van der Waals surface area (Å²) in [6.45, 7) is 1.75. The van der Waals surface area contributed by atoms with E-state index in [1.807, 2.05) is 0 Å². The molecular formula is C14H14ClNO3S2. The van der Waals surface area contributed by atoms with E-state index in [0.29, 0.717) is 10.0 Å². The number of rotatable bonds is 4. The van der Waals surface area contributed by atoms with Gasteiger partial charge < -0.3 is 5.32 Å². The second kappa shape index (κ2) is 6.17. The van der Waals surface area contributed by atoms with Crippen LogP contribution in [0.2, 0.25) is 4.34 Å². The predicted molar refractivity (Wildman–Crippen MR) is 85.9 cm³/mol. The average Bonchev–Trinajstić information content (AvgIpc) is 2.84. The van der Waals surface area contributed by atoms with Crippen molar-refractivity contribution in [2.75, 3.05) is 11.6 Å². The summed E-state index contributed by atoms with van der Waals surface area (Å²) in [6, 6.07) is 9.86. The lowest BCUT2D eigenvalue weighted by atomic mass is 10.1. The van der Waals surface area contributed by atoms with Crippen molar-refractivity contribution in [1.82, 2.24) is 0 Å². The molecule has 0 aliphatic carbocycles. The molecule has 2 aromatic rings. The minimum Gasteiger partial charge on any atom is -0.324 e. The minimum atomic E-state index is -3.40. The van der Waals surface area contributed by atoms with Crippen molar-refractivity contribution in [3.8, 4) is 0 Å². The number of nitrogens with one attached hydrogen (secondary N) is 1. The minimum absolute atomic E-state index is 0.106. The molecule has 4 nitrogen and oxygen atoms in total. The molecule has 0 bridgehead atoms. The zero-order valence-corrected chi connectivity index (χ0v) is 13.8. The van der Waals surface area contributed by atoms with E-state index in [4.69, 9.17) is 11.6 Å². The molecule has 1 unspecified atom stereocenters. The Morgan fingerprint density at radius 2 is 1.90 bits per heavy atom. The summed E-state index contributed by atoms with van der Waals surface area (Å²) in [5, 5.41) is 2.67. The number of amides is 1. The van der Waals surface area contributed by atoms with Gasteiger partial charge in [-0.05, 0) is 31.2 Å². The molecule has 0 saturated heterocycles. The van der Waals surface area contributed by atoms with Gasteiger partial charge >= 0.3 is 0 Å². The predicted octanol–water partition coefficient (Wildman–Crippen LogP) is 3.55. The standard InChI is InChI=1S/C14H14ClNO3S2/c1-9(11-7-8-13(15)20-11)14(17)16-10-5-3-4-6-12(10)21(2,18)19/h3-9H,1-2H3,(H,16,17). The van der Waals surface area contributed by atoms with Gasteiger partial charge in [-0.2, -0.15) is 0 Å². The van der Waals surface area contributed by atoms with Gasteiger partial charge in [-0.3, -0.25) is 4.79 Å². The normalized spacial score (nSPS) is 12.9. The van der Waals surface area contributed by atoms with Crippen molar-refractivity contribution >= 4 is 44.4 Å². The molecule has 0 radical (unpaired) electrons. The van der Waals surface area contributed by atoms with Gasteiger partial charge in [-0.15, -0.1) is 11.3 Å². The Morgan fingerprint density at radius 1 is 1.24 bits per heavy atom. The molecule has 7 heteroatoms. The van der Waals surface area contributed by atoms with Crippen LogP contribution in [0, 0.1) is 0 Å². The van der Waals surface area contributed by atoms with E-state index in [9.17, 15) is 13.2 Å². The van der Waals surface area contributed by atoms with Crippen LogP contribution in [-0.4, -0.2) is 20.6 Å². The SMILES string of the molecule is CC(C(=O)Nc1ccccc1S(C)(=O)=O)c1ccc(Cl)s1. The number of para-hydroxylation sites is 1. The van der Waals surface area contributed by atoms with Crippen LogP contribution < -0.4 is 5.32 Å². The number of thiophene rings is 1. The first kappa shape index (κ1) is 16.0. The molecule has 0 saturated carbocycles. The largest absolute Gasteiger partial charge is 0.324 e. The maximum atomic E-state index is 12.3. The Kier molecular flexibility index (Phi) is 4.70. The summed E-state index contributed by atoms with van der Waals surface area (Å²) in [6.07, 6.45) is 1.11. The van der Waals surface area contributed by atoms with Crippen molar-refractivity contribution < 1.29 is 13.2 Å². The Labute approximate surface area is 132 Å². The molecular weight excluding hydrogens is 330 g/mol. The maximum absolute atomic E-state index is 12.3. The van der Waals surface area contributed by atoms with Gasteiger partial charge in [-0.1, -0.05) is 23.7 Å². The number of hydrogen-bond donors (Lipinski definition) is 1. The molecule has 0 aliphatic heterocycles. The Morgan fingerprint density at radius 3 is 2.48 bits per heavy atom. The second-order valence-electron chi connectivity index (χ2n) is 4.62. The molecule has 1 N–H and O–H groups in total. The van der Waals surface area contributed by atoms with Crippen LogP contribution in [0.5, 0.6) is 0 Å². The van der Waals surface area contributed by atoms with Crippen molar-refractivity contribution in [3.05, 3.63) is 45.6 Å². The van der Waals surface area contributed by atoms with Crippen LogP contribution in [0.15, 0.2) is 41.3 Å². The summed E-state index contributed by atoms with van der Waals surface area (Å²) >= 11 is 7.19.